The van der Waals surface area contributed by atoms with Crippen molar-refractivity contribution in [3.05, 3.63) is 12.2 Å². The monoisotopic (exact) mass is 304 g/mol. The highest BCUT2D eigenvalue weighted by Gasteiger charge is 2.53. The standard InChI is InChI=1S/C20H32O2/c1-14(10-12-19(21,15-2-3-15)16-4-5-16)11-13-20(22,17-6-7-17)18-8-9-18/h15-18,21-22H,1-13H2. The molecule has 0 heterocycles. The Hall–Kier alpha value is -0.340. The van der Waals surface area contributed by atoms with Crippen LogP contribution in [0.5, 0.6) is 0 Å². The lowest BCUT2D eigenvalue weighted by Gasteiger charge is -2.30. The zero-order valence-corrected chi connectivity index (χ0v) is 13.9. The van der Waals surface area contributed by atoms with Gasteiger partial charge in [0.25, 0.3) is 0 Å². The van der Waals surface area contributed by atoms with E-state index >= 15 is 0 Å². The van der Waals surface area contributed by atoms with Gasteiger partial charge in [0.2, 0.25) is 0 Å². The van der Waals surface area contributed by atoms with E-state index in [1.165, 1.54) is 56.9 Å². The van der Waals surface area contributed by atoms with Gasteiger partial charge in [-0.25, -0.2) is 0 Å². The van der Waals surface area contributed by atoms with Gasteiger partial charge >= 0.3 is 0 Å². The molecule has 4 rings (SSSR count). The summed E-state index contributed by atoms with van der Waals surface area (Å²) in [5, 5.41) is 21.9. The van der Waals surface area contributed by atoms with Crippen LogP contribution >= 0.6 is 0 Å². The maximum Gasteiger partial charge on any atom is 0.0706 e. The predicted molar refractivity (Wildman–Crippen MR) is 88.4 cm³/mol. The third-order valence-corrected chi connectivity index (χ3v) is 6.90. The summed E-state index contributed by atoms with van der Waals surface area (Å²) >= 11 is 0. The first-order valence-corrected chi connectivity index (χ1v) is 9.64. The molecule has 0 aliphatic heterocycles. The van der Waals surface area contributed by atoms with Crippen LogP contribution in [0.15, 0.2) is 12.2 Å². The van der Waals surface area contributed by atoms with Crippen LogP contribution in [0.1, 0.15) is 77.0 Å². The van der Waals surface area contributed by atoms with E-state index in [0.29, 0.717) is 23.7 Å². The fraction of sp³-hybridized carbons (Fsp3) is 0.900. The van der Waals surface area contributed by atoms with E-state index in [1.54, 1.807) is 0 Å². The van der Waals surface area contributed by atoms with Crippen LogP contribution < -0.4 is 0 Å². The highest BCUT2D eigenvalue weighted by atomic mass is 16.3. The zero-order valence-electron chi connectivity index (χ0n) is 13.9. The van der Waals surface area contributed by atoms with Crippen molar-refractivity contribution in [1.29, 1.82) is 0 Å². The van der Waals surface area contributed by atoms with Gasteiger partial charge in [-0.15, -0.1) is 0 Å². The molecule has 2 nitrogen and oxygen atoms in total. The van der Waals surface area contributed by atoms with Crippen LogP contribution in [0.3, 0.4) is 0 Å². The molecule has 22 heavy (non-hydrogen) atoms. The van der Waals surface area contributed by atoms with Gasteiger partial charge in [0.1, 0.15) is 0 Å². The topological polar surface area (TPSA) is 40.5 Å². The van der Waals surface area contributed by atoms with Crippen LogP contribution in [-0.2, 0) is 0 Å². The Morgan fingerprint density at radius 2 is 0.955 bits per heavy atom. The zero-order chi connectivity index (χ0) is 15.4. The van der Waals surface area contributed by atoms with Crippen molar-refractivity contribution in [2.45, 2.75) is 88.3 Å². The Morgan fingerprint density at radius 3 is 1.18 bits per heavy atom. The Balaban J connectivity index is 1.26. The third-order valence-electron chi connectivity index (χ3n) is 6.90. The molecule has 0 aromatic carbocycles. The molecular weight excluding hydrogens is 272 g/mol. The van der Waals surface area contributed by atoms with Crippen LogP contribution in [0, 0.1) is 23.7 Å². The molecule has 0 radical (unpaired) electrons. The molecule has 4 aliphatic rings. The second-order valence-corrected chi connectivity index (χ2v) is 8.83. The second-order valence-electron chi connectivity index (χ2n) is 8.83. The fourth-order valence-corrected chi connectivity index (χ4v) is 4.70. The molecule has 4 aliphatic carbocycles. The average Bonchev–Trinajstić information content (AvgIpc) is 3.38. The summed E-state index contributed by atoms with van der Waals surface area (Å²) in [4.78, 5) is 0. The molecule has 2 heteroatoms. The third kappa shape index (κ3) is 3.01. The number of hydrogen-bond acceptors (Lipinski definition) is 2. The minimum Gasteiger partial charge on any atom is -0.389 e. The van der Waals surface area contributed by atoms with Gasteiger partial charge in [-0.05, 0) is 101 Å². The predicted octanol–water partition coefficient (Wildman–Crippen LogP) is 4.21. The highest BCUT2D eigenvalue weighted by Crippen LogP contribution is 2.56. The summed E-state index contributed by atoms with van der Waals surface area (Å²) in [6.45, 7) is 4.26. The SMILES string of the molecule is C=C(CCC(O)(C1CC1)C1CC1)CCC(O)(C1CC1)C1CC1. The van der Waals surface area contributed by atoms with Crippen LogP contribution in [-0.4, -0.2) is 21.4 Å². The van der Waals surface area contributed by atoms with E-state index in [2.05, 4.69) is 6.58 Å². The van der Waals surface area contributed by atoms with Crippen molar-refractivity contribution in [1.82, 2.24) is 0 Å². The normalized spacial score (nSPS) is 26.3. The molecule has 124 valence electrons. The van der Waals surface area contributed by atoms with Gasteiger partial charge in [0, 0.05) is 0 Å². The largest absolute Gasteiger partial charge is 0.389 e. The molecule has 0 aromatic rings. The van der Waals surface area contributed by atoms with E-state index in [-0.39, 0.29) is 11.2 Å². The van der Waals surface area contributed by atoms with Gasteiger partial charge < -0.3 is 10.2 Å². The lowest BCUT2D eigenvalue weighted by molar-refractivity contribution is -0.0167. The van der Waals surface area contributed by atoms with Crippen molar-refractivity contribution >= 4 is 0 Å². The molecule has 0 amide bonds. The van der Waals surface area contributed by atoms with Crippen LogP contribution in [0.4, 0.5) is 0 Å². The molecule has 4 saturated carbocycles. The summed E-state index contributed by atoms with van der Waals surface area (Å²) in [6, 6.07) is 0. The molecule has 0 atom stereocenters. The maximum atomic E-state index is 11.0. The van der Waals surface area contributed by atoms with Gasteiger partial charge in [-0.3, -0.25) is 0 Å². The van der Waals surface area contributed by atoms with Crippen molar-refractivity contribution in [3.63, 3.8) is 0 Å². The quantitative estimate of drug-likeness (QED) is 0.594. The molecule has 0 bridgehead atoms. The maximum absolute atomic E-state index is 11.0. The van der Waals surface area contributed by atoms with Crippen molar-refractivity contribution < 1.29 is 10.2 Å². The first-order chi connectivity index (χ1) is 10.5. The average molecular weight is 304 g/mol. The van der Waals surface area contributed by atoms with Gasteiger partial charge in [-0.2, -0.15) is 0 Å². The first-order valence-electron chi connectivity index (χ1n) is 9.64. The minimum absolute atomic E-state index is 0.383. The lowest BCUT2D eigenvalue weighted by atomic mass is 9.82. The molecule has 0 saturated heterocycles. The van der Waals surface area contributed by atoms with Gasteiger partial charge in [0.15, 0.2) is 0 Å². The van der Waals surface area contributed by atoms with E-state index < -0.39 is 0 Å². The Bertz CT molecular complexity index is 375. The molecule has 0 unspecified atom stereocenters. The summed E-state index contributed by atoms with van der Waals surface area (Å²) in [7, 11) is 0. The van der Waals surface area contributed by atoms with E-state index in [4.69, 9.17) is 0 Å². The van der Waals surface area contributed by atoms with E-state index in [0.717, 1.165) is 25.7 Å². The van der Waals surface area contributed by atoms with Crippen LogP contribution in [0.25, 0.3) is 0 Å². The second kappa shape index (κ2) is 5.34. The molecule has 0 aromatic heterocycles. The van der Waals surface area contributed by atoms with Gasteiger partial charge in [0.05, 0.1) is 11.2 Å². The highest BCUT2D eigenvalue weighted by molar-refractivity contribution is 5.09. The van der Waals surface area contributed by atoms with E-state index in [9.17, 15) is 10.2 Å². The van der Waals surface area contributed by atoms with Crippen molar-refractivity contribution in [3.8, 4) is 0 Å². The summed E-state index contributed by atoms with van der Waals surface area (Å²) in [5.74, 6) is 2.29. The minimum atomic E-state index is -0.383. The van der Waals surface area contributed by atoms with Crippen molar-refractivity contribution in [2.24, 2.45) is 23.7 Å². The van der Waals surface area contributed by atoms with E-state index in [1.807, 2.05) is 0 Å². The first kappa shape index (κ1) is 15.2. The Labute approximate surface area is 135 Å². The summed E-state index contributed by atoms with van der Waals surface area (Å²) < 4.78 is 0. The lowest BCUT2D eigenvalue weighted by Crippen LogP contribution is -2.35. The fourth-order valence-electron chi connectivity index (χ4n) is 4.70. The summed E-state index contributed by atoms with van der Waals surface area (Å²) in [6.07, 6.45) is 13.5. The molecule has 0 spiro atoms. The Kier molecular flexibility index (Phi) is 3.69. The number of allylic oxidation sites excluding steroid dienone is 1. The summed E-state index contributed by atoms with van der Waals surface area (Å²) in [5.41, 5.74) is 0.484. The number of hydrogen-bond donors (Lipinski definition) is 2. The molecule has 4 fully saturated rings. The Morgan fingerprint density at radius 1 is 0.682 bits per heavy atom. The number of aliphatic hydroxyl groups is 2. The molecule has 2 N–H and O–H groups in total. The molecular formula is C20H32O2. The van der Waals surface area contributed by atoms with Gasteiger partial charge in [-0.1, -0.05) is 12.2 Å². The smallest absolute Gasteiger partial charge is 0.0706 e. The van der Waals surface area contributed by atoms with Crippen molar-refractivity contribution in [2.75, 3.05) is 0 Å². The van der Waals surface area contributed by atoms with Crippen LogP contribution in [0.2, 0.25) is 0 Å². The number of rotatable bonds is 10.